The van der Waals surface area contributed by atoms with Gasteiger partial charge in [0.1, 0.15) is 0 Å². The highest BCUT2D eigenvalue weighted by atomic mass is 16.2. The van der Waals surface area contributed by atoms with Gasteiger partial charge in [-0.05, 0) is 11.6 Å². The molecule has 1 aliphatic heterocycles. The van der Waals surface area contributed by atoms with Crippen LogP contribution in [0.25, 0.3) is 0 Å². The van der Waals surface area contributed by atoms with Crippen LogP contribution in [0, 0.1) is 0 Å². The number of para-hydroxylation sites is 1. The third kappa shape index (κ3) is 2.30. The highest BCUT2D eigenvalue weighted by molar-refractivity contribution is 5.92. The Kier molecular flexibility index (Phi) is 3.13. The van der Waals surface area contributed by atoms with Gasteiger partial charge in [0.2, 0.25) is 11.8 Å². The Hall–Kier alpha value is -1.84. The predicted octanol–water partition coefficient (Wildman–Crippen LogP) is 1.40. The Labute approximate surface area is 101 Å². The van der Waals surface area contributed by atoms with Gasteiger partial charge in [-0.1, -0.05) is 18.2 Å². The molecule has 1 aromatic rings. The number of rotatable bonds is 0. The second kappa shape index (κ2) is 4.57. The Morgan fingerprint density at radius 3 is 2.41 bits per heavy atom. The molecule has 4 heteroatoms. The fourth-order valence-corrected chi connectivity index (χ4v) is 2.13. The molecule has 0 unspecified atom stereocenters. The lowest BCUT2D eigenvalue weighted by molar-refractivity contribution is -0.129. The number of carbonyl (C=O) groups is 2. The van der Waals surface area contributed by atoms with Crippen molar-refractivity contribution in [2.45, 2.75) is 20.4 Å². The molecule has 1 aromatic carbocycles. The topological polar surface area (TPSA) is 40.6 Å². The van der Waals surface area contributed by atoms with Gasteiger partial charge < -0.3 is 9.80 Å². The molecule has 1 heterocycles. The predicted molar refractivity (Wildman–Crippen MR) is 65.6 cm³/mol. The lowest BCUT2D eigenvalue weighted by Gasteiger charge is -2.20. The zero-order valence-corrected chi connectivity index (χ0v) is 10.1. The first-order chi connectivity index (χ1) is 8.09. The van der Waals surface area contributed by atoms with Gasteiger partial charge in [-0.3, -0.25) is 9.59 Å². The van der Waals surface area contributed by atoms with E-state index in [0.717, 1.165) is 11.3 Å². The highest BCUT2D eigenvalue weighted by Gasteiger charge is 2.22. The van der Waals surface area contributed by atoms with Crippen molar-refractivity contribution in [2.24, 2.45) is 0 Å². The quantitative estimate of drug-likeness (QED) is 0.678. The van der Waals surface area contributed by atoms with E-state index < -0.39 is 0 Å². The third-order valence-corrected chi connectivity index (χ3v) is 3.06. The summed E-state index contributed by atoms with van der Waals surface area (Å²) >= 11 is 0. The first-order valence-electron chi connectivity index (χ1n) is 5.71. The molecule has 2 amide bonds. The van der Waals surface area contributed by atoms with E-state index in [1.54, 1.807) is 23.6 Å². The smallest absolute Gasteiger partial charge is 0.223 e. The zero-order chi connectivity index (χ0) is 12.4. The van der Waals surface area contributed by atoms with Crippen molar-refractivity contribution in [2.75, 3.05) is 18.0 Å². The Morgan fingerprint density at radius 1 is 1.06 bits per heavy atom. The number of nitrogens with zero attached hydrogens (tertiary/aromatic N) is 2. The van der Waals surface area contributed by atoms with E-state index in [-0.39, 0.29) is 11.8 Å². The number of benzene rings is 1. The summed E-state index contributed by atoms with van der Waals surface area (Å²) in [5.74, 6) is 0.0630. The monoisotopic (exact) mass is 232 g/mol. The van der Waals surface area contributed by atoms with Crippen molar-refractivity contribution in [1.82, 2.24) is 4.90 Å². The molecule has 0 aliphatic carbocycles. The van der Waals surface area contributed by atoms with Crippen LogP contribution < -0.4 is 4.90 Å². The second-order valence-electron chi connectivity index (χ2n) is 4.24. The number of hydrogen-bond donors (Lipinski definition) is 0. The van der Waals surface area contributed by atoms with Gasteiger partial charge in [-0.2, -0.15) is 0 Å². The molecule has 0 radical (unpaired) electrons. The largest absolute Gasteiger partial charge is 0.337 e. The van der Waals surface area contributed by atoms with Crippen molar-refractivity contribution >= 4 is 17.5 Å². The van der Waals surface area contributed by atoms with Crippen molar-refractivity contribution < 1.29 is 9.59 Å². The molecular formula is C13H16N2O2. The highest BCUT2D eigenvalue weighted by Crippen LogP contribution is 2.24. The average Bonchev–Trinajstić information content (AvgIpc) is 2.47. The molecule has 17 heavy (non-hydrogen) atoms. The van der Waals surface area contributed by atoms with Crippen LogP contribution >= 0.6 is 0 Å². The van der Waals surface area contributed by atoms with Gasteiger partial charge in [0.25, 0.3) is 0 Å². The molecule has 0 saturated heterocycles. The van der Waals surface area contributed by atoms with Crippen molar-refractivity contribution in [3.8, 4) is 0 Å². The van der Waals surface area contributed by atoms with E-state index in [1.165, 1.54) is 0 Å². The molecule has 90 valence electrons. The summed E-state index contributed by atoms with van der Waals surface area (Å²) in [4.78, 5) is 26.6. The number of hydrogen-bond acceptors (Lipinski definition) is 2. The molecule has 0 bridgehead atoms. The third-order valence-electron chi connectivity index (χ3n) is 3.06. The normalized spacial score (nSPS) is 15.2. The van der Waals surface area contributed by atoms with Gasteiger partial charge in [0.05, 0.1) is 0 Å². The Bertz CT molecular complexity index is 456. The van der Waals surface area contributed by atoms with Crippen molar-refractivity contribution in [3.05, 3.63) is 29.8 Å². The summed E-state index contributed by atoms with van der Waals surface area (Å²) in [5.41, 5.74) is 1.94. The average molecular weight is 232 g/mol. The summed E-state index contributed by atoms with van der Waals surface area (Å²) in [5, 5.41) is 0. The summed E-state index contributed by atoms with van der Waals surface area (Å²) in [7, 11) is 0. The first kappa shape index (κ1) is 11.6. The summed E-state index contributed by atoms with van der Waals surface area (Å²) < 4.78 is 0. The minimum atomic E-state index is 0.0165. The van der Waals surface area contributed by atoms with Crippen LogP contribution in [0.3, 0.4) is 0 Å². The fourth-order valence-electron chi connectivity index (χ4n) is 2.13. The SMILES string of the molecule is CC(=O)N1CCN(C(C)=O)c2ccccc2C1. The van der Waals surface area contributed by atoms with Gasteiger partial charge in [0, 0.05) is 39.2 Å². The number of carbonyl (C=O) groups excluding carboxylic acids is 2. The summed E-state index contributed by atoms with van der Waals surface area (Å²) in [6.07, 6.45) is 0. The van der Waals surface area contributed by atoms with Gasteiger partial charge >= 0.3 is 0 Å². The molecular weight excluding hydrogens is 216 g/mol. The van der Waals surface area contributed by atoms with Gasteiger partial charge in [0.15, 0.2) is 0 Å². The molecule has 4 nitrogen and oxygen atoms in total. The minimum Gasteiger partial charge on any atom is -0.337 e. The molecule has 0 spiro atoms. The zero-order valence-electron chi connectivity index (χ0n) is 10.1. The maximum atomic E-state index is 11.6. The second-order valence-corrected chi connectivity index (χ2v) is 4.24. The van der Waals surface area contributed by atoms with E-state index in [4.69, 9.17) is 0 Å². The summed E-state index contributed by atoms with van der Waals surface area (Å²) in [6, 6.07) is 7.74. The van der Waals surface area contributed by atoms with E-state index in [9.17, 15) is 9.59 Å². The van der Waals surface area contributed by atoms with Crippen LogP contribution in [0.2, 0.25) is 0 Å². The van der Waals surface area contributed by atoms with E-state index >= 15 is 0 Å². The summed E-state index contributed by atoms with van der Waals surface area (Å²) in [6.45, 7) is 4.84. The molecule has 2 rings (SSSR count). The molecule has 0 fully saturated rings. The fraction of sp³-hybridized carbons (Fsp3) is 0.385. The molecule has 1 aliphatic rings. The van der Waals surface area contributed by atoms with Gasteiger partial charge in [-0.15, -0.1) is 0 Å². The molecule has 0 saturated carbocycles. The lowest BCUT2D eigenvalue weighted by atomic mass is 10.1. The maximum Gasteiger partial charge on any atom is 0.223 e. The van der Waals surface area contributed by atoms with E-state index in [2.05, 4.69) is 0 Å². The number of anilines is 1. The van der Waals surface area contributed by atoms with Crippen LogP contribution in [0.1, 0.15) is 19.4 Å². The molecule has 0 N–H and O–H groups in total. The molecule has 0 atom stereocenters. The number of fused-ring (bicyclic) bond motifs is 1. The van der Waals surface area contributed by atoms with E-state index in [0.29, 0.717) is 19.6 Å². The van der Waals surface area contributed by atoms with Crippen LogP contribution in [0.15, 0.2) is 24.3 Å². The van der Waals surface area contributed by atoms with Crippen molar-refractivity contribution in [1.29, 1.82) is 0 Å². The van der Waals surface area contributed by atoms with Gasteiger partial charge in [-0.25, -0.2) is 0 Å². The Morgan fingerprint density at radius 2 is 1.76 bits per heavy atom. The van der Waals surface area contributed by atoms with E-state index in [1.807, 2.05) is 24.3 Å². The standard InChI is InChI=1S/C13H16N2O2/c1-10(16)14-7-8-15(11(2)17)13-6-4-3-5-12(13)9-14/h3-6H,7-9H2,1-2H3. The lowest BCUT2D eigenvalue weighted by Crippen LogP contribution is -2.36. The minimum absolute atomic E-state index is 0.0165. The van der Waals surface area contributed by atoms with Crippen LogP contribution in [-0.2, 0) is 16.1 Å². The Balaban J connectivity index is 2.40. The van der Waals surface area contributed by atoms with Crippen molar-refractivity contribution in [3.63, 3.8) is 0 Å². The van der Waals surface area contributed by atoms with Crippen LogP contribution in [0.5, 0.6) is 0 Å². The first-order valence-corrected chi connectivity index (χ1v) is 5.71. The molecule has 0 aromatic heterocycles. The van der Waals surface area contributed by atoms with Crippen LogP contribution in [0.4, 0.5) is 5.69 Å². The van der Waals surface area contributed by atoms with Crippen LogP contribution in [-0.4, -0.2) is 29.8 Å². The maximum absolute atomic E-state index is 11.6. The number of amides is 2.